The Morgan fingerprint density at radius 1 is 1.32 bits per heavy atom. The zero-order valence-corrected chi connectivity index (χ0v) is 13.0. The van der Waals surface area contributed by atoms with Gasteiger partial charge in [-0.2, -0.15) is 0 Å². The Labute approximate surface area is 131 Å². The van der Waals surface area contributed by atoms with Crippen LogP contribution in [0.25, 0.3) is 0 Å². The molecule has 1 N–H and O–H groups in total. The van der Waals surface area contributed by atoms with E-state index < -0.39 is 0 Å². The van der Waals surface area contributed by atoms with Crippen LogP contribution in [0.3, 0.4) is 0 Å². The molecular formula is C17H23N3O2. The number of likely N-dealkylation sites (tertiary alicyclic amines) is 1. The third kappa shape index (κ3) is 3.14. The van der Waals surface area contributed by atoms with Gasteiger partial charge in [-0.25, -0.2) is 0 Å². The minimum Gasteiger partial charge on any atom is -0.353 e. The first kappa shape index (κ1) is 15.0. The van der Waals surface area contributed by atoms with Crippen molar-refractivity contribution in [3.8, 4) is 0 Å². The second kappa shape index (κ2) is 6.48. The molecule has 0 aliphatic carbocycles. The molecule has 2 heterocycles. The maximum atomic E-state index is 12.5. The number of aryl methyl sites for hydroxylation is 1. The SMILES string of the molecule is Cc1ccccc1C1CCCN1CC(=O)N1CCNC(=O)C1. The highest BCUT2D eigenvalue weighted by molar-refractivity contribution is 5.86. The molecule has 118 valence electrons. The van der Waals surface area contributed by atoms with Crippen molar-refractivity contribution < 1.29 is 9.59 Å². The number of hydrogen-bond donors (Lipinski definition) is 1. The van der Waals surface area contributed by atoms with E-state index in [0.717, 1.165) is 19.4 Å². The first-order chi connectivity index (χ1) is 10.6. The molecule has 0 saturated carbocycles. The average molecular weight is 301 g/mol. The van der Waals surface area contributed by atoms with Crippen LogP contribution in [0, 0.1) is 6.92 Å². The zero-order valence-electron chi connectivity index (χ0n) is 13.0. The van der Waals surface area contributed by atoms with Gasteiger partial charge in [-0.3, -0.25) is 14.5 Å². The number of piperazine rings is 1. The number of nitrogens with one attached hydrogen (secondary N) is 1. The summed E-state index contributed by atoms with van der Waals surface area (Å²) >= 11 is 0. The normalized spacial score (nSPS) is 22.7. The van der Waals surface area contributed by atoms with Crippen LogP contribution in [0.2, 0.25) is 0 Å². The Bertz CT molecular complexity index is 573. The molecule has 2 fully saturated rings. The fourth-order valence-electron chi connectivity index (χ4n) is 3.45. The van der Waals surface area contributed by atoms with E-state index >= 15 is 0 Å². The Hall–Kier alpha value is -1.88. The predicted octanol–water partition coefficient (Wildman–Crippen LogP) is 1.09. The Morgan fingerprint density at radius 2 is 2.14 bits per heavy atom. The number of carbonyl (C=O) groups excluding carboxylic acids is 2. The molecule has 2 aliphatic heterocycles. The van der Waals surface area contributed by atoms with Crippen molar-refractivity contribution in [2.24, 2.45) is 0 Å². The van der Waals surface area contributed by atoms with Crippen molar-refractivity contribution in [2.45, 2.75) is 25.8 Å². The molecule has 0 radical (unpaired) electrons. The molecule has 2 aliphatic rings. The molecule has 1 aromatic rings. The van der Waals surface area contributed by atoms with E-state index in [1.165, 1.54) is 11.1 Å². The number of benzene rings is 1. The lowest BCUT2D eigenvalue weighted by atomic mass is 9.99. The zero-order chi connectivity index (χ0) is 15.5. The molecular weight excluding hydrogens is 278 g/mol. The van der Waals surface area contributed by atoms with Crippen molar-refractivity contribution >= 4 is 11.8 Å². The van der Waals surface area contributed by atoms with Crippen molar-refractivity contribution in [1.29, 1.82) is 0 Å². The second-order valence-electron chi connectivity index (χ2n) is 6.15. The number of amides is 2. The van der Waals surface area contributed by atoms with Gasteiger partial charge in [-0.1, -0.05) is 24.3 Å². The Morgan fingerprint density at radius 3 is 2.91 bits per heavy atom. The van der Waals surface area contributed by atoms with E-state index in [1.807, 2.05) is 0 Å². The molecule has 2 saturated heterocycles. The van der Waals surface area contributed by atoms with Gasteiger partial charge in [0, 0.05) is 19.1 Å². The van der Waals surface area contributed by atoms with Gasteiger partial charge in [0.05, 0.1) is 13.1 Å². The van der Waals surface area contributed by atoms with Crippen molar-refractivity contribution in [3.05, 3.63) is 35.4 Å². The Balaban J connectivity index is 1.67. The van der Waals surface area contributed by atoms with Crippen molar-refractivity contribution in [1.82, 2.24) is 15.1 Å². The maximum absolute atomic E-state index is 12.5. The minimum absolute atomic E-state index is 0.0588. The smallest absolute Gasteiger partial charge is 0.239 e. The number of nitrogens with zero attached hydrogens (tertiary/aromatic N) is 2. The summed E-state index contributed by atoms with van der Waals surface area (Å²) in [6.07, 6.45) is 2.21. The van der Waals surface area contributed by atoms with E-state index in [1.54, 1.807) is 4.90 Å². The van der Waals surface area contributed by atoms with E-state index in [2.05, 4.69) is 41.4 Å². The van der Waals surface area contributed by atoms with Gasteiger partial charge in [0.2, 0.25) is 11.8 Å². The molecule has 0 spiro atoms. The van der Waals surface area contributed by atoms with Gasteiger partial charge in [-0.05, 0) is 37.4 Å². The number of rotatable bonds is 3. The highest BCUT2D eigenvalue weighted by Gasteiger charge is 2.30. The van der Waals surface area contributed by atoms with Crippen LogP contribution in [-0.4, -0.2) is 54.3 Å². The first-order valence-electron chi connectivity index (χ1n) is 7.99. The highest BCUT2D eigenvalue weighted by atomic mass is 16.2. The molecule has 3 rings (SSSR count). The van der Waals surface area contributed by atoms with E-state index in [0.29, 0.717) is 25.7 Å². The van der Waals surface area contributed by atoms with Crippen molar-refractivity contribution in [3.63, 3.8) is 0 Å². The summed E-state index contributed by atoms with van der Waals surface area (Å²) < 4.78 is 0. The standard InChI is InChI=1S/C17H23N3O2/c1-13-5-2-3-6-14(13)15-7-4-9-19(15)12-17(22)20-10-8-18-16(21)11-20/h2-3,5-6,15H,4,7-12H2,1H3,(H,18,21). The molecule has 1 atom stereocenters. The maximum Gasteiger partial charge on any atom is 0.239 e. The van der Waals surface area contributed by atoms with Crippen LogP contribution < -0.4 is 5.32 Å². The summed E-state index contributed by atoms with van der Waals surface area (Å²) in [6.45, 7) is 4.86. The fourth-order valence-corrected chi connectivity index (χ4v) is 3.45. The molecule has 5 heteroatoms. The average Bonchev–Trinajstić information content (AvgIpc) is 2.95. The van der Waals surface area contributed by atoms with Gasteiger partial charge < -0.3 is 10.2 Å². The monoisotopic (exact) mass is 301 g/mol. The van der Waals surface area contributed by atoms with Crippen LogP contribution in [0.4, 0.5) is 0 Å². The number of hydrogen-bond acceptors (Lipinski definition) is 3. The van der Waals surface area contributed by atoms with Gasteiger partial charge in [-0.15, -0.1) is 0 Å². The van der Waals surface area contributed by atoms with Gasteiger partial charge >= 0.3 is 0 Å². The molecule has 1 unspecified atom stereocenters. The molecule has 0 bridgehead atoms. The quantitative estimate of drug-likeness (QED) is 0.909. The summed E-state index contributed by atoms with van der Waals surface area (Å²) in [4.78, 5) is 27.8. The third-order valence-electron chi connectivity index (χ3n) is 4.64. The summed E-state index contributed by atoms with van der Waals surface area (Å²) in [6, 6.07) is 8.73. The van der Waals surface area contributed by atoms with E-state index in [9.17, 15) is 9.59 Å². The lowest BCUT2D eigenvalue weighted by Gasteiger charge is -2.31. The summed E-state index contributed by atoms with van der Waals surface area (Å²) in [7, 11) is 0. The highest BCUT2D eigenvalue weighted by Crippen LogP contribution is 2.33. The van der Waals surface area contributed by atoms with E-state index in [4.69, 9.17) is 0 Å². The first-order valence-corrected chi connectivity index (χ1v) is 7.99. The third-order valence-corrected chi connectivity index (χ3v) is 4.64. The van der Waals surface area contributed by atoms with Gasteiger partial charge in [0.1, 0.15) is 0 Å². The lowest BCUT2D eigenvalue weighted by Crippen LogP contribution is -2.52. The second-order valence-corrected chi connectivity index (χ2v) is 6.15. The van der Waals surface area contributed by atoms with Crippen LogP contribution >= 0.6 is 0 Å². The molecule has 2 amide bonds. The molecule has 0 aromatic heterocycles. The Kier molecular flexibility index (Phi) is 4.43. The summed E-state index contributed by atoms with van der Waals surface area (Å²) in [5.74, 6) is 0.00631. The summed E-state index contributed by atoms with van der Waals surface area (Å²) in [5, 5.41) is 2.76. The van der Waals surface area contributed by atoms with Crippen LogP contribution in [0.15, 0.2) is 24.3 Å². The van der Waals surface area contributed by atoms with Crippen LogP contribution in [0.1, 0.15) is 30.0 Å². The lowest BCUT2D eigenvalue weighted by molar-refractivity contribution is -0.139. The minimum atomic E-state index is -0.0588. The predicted molar refractivity (Wildman–Crippen MR) is 84.3 cm³/mol. The molecule has 1 aromatic carbocycles. The fraction of sp³-hybridized carbons (Fsp3) is 0.529. The molecule has 5 nitrogen and oxygen atoms in total. The van der Waals surface area contributed by atoms with Crippen LogP contribution in [-0.2, 0) is 9.59 Å². The van der Waals surface area contributed by atoms with Crippen molar-refractivity contribution in [2.75, 3.05) is 32.7 Å². The largest absolute Gasteiger partial charge is 0.353 e. The number of carbonyl (C=O) groups is 2. The summed E-state index contributed by atoms with van der Waals surface area (Å²) in [5.41, 5.74) is 2.60. The van der Waals surface area contributed by atoms with Gasteiger partial charge in [0.15, 0.2) is 0 Å². The molecule has 22 heavy (non-hydrogen) atoms. The van der Waals surface area contributed by atoms with E-state index in [-0.39, 0.29) is 18.4 Å². The van der Waals surface area contributed by atoms with Gasteiger partial charge in [0.25, 0.3) is 0 Å². The van der Waals surface area contributed by atoms with Crippen LogP contribution in [0.5, 0.6) is 0 Å². The topological polar surface area (TPSA) is 52.7 Å².